The second-order valence-corrected chi connectivity index (χ2v) is 4.20. The number of hydrogen-bond donors (Lipinski definition) is 1. The van der Waals surface area contributed by atoms with Gasteiger partial charge in [-0.2, -0.15) is 0 Å². The number of hydrogen-bond acceptors (Lipinski definition) is 2. The summed E-state index contributed by atoms with van der Waals surface area (Å²) in [7, 11) is 0. The Kier molecular flexibility index (Phi) is 1.99. The molecule has 0 aromatic carbocycles. The predicted molar refractivity (Wildman–Crippen MR) is 59.7 cm³/mol. The van der Waals surface area contributed by atoms with Gasteiger partial charge in [-0.1, -0.05) is 12.5 Å². The molecule has 1 aliphatic rings. The summed E-state index contributed by atoms with van der Waals surface area (Å²) in [5.41, 5.74) is 9.27. The maximum atomic E-state index is 5.82. The Morgan fingerprint density at radius 1 is 1.40 bits per heavy atom. The van der Waals surface area contributed by atoms with Crippen LogP contribution in [0.4, 0.5) is 0 Å². The third kappa shape index (κ3) is 1.27. The first kappa shape index (κ1) is 8.92. The molecule has 0 saturated heterocycles. The van der Waals surface area contributed by atoms with Gasteiger partial charge in [-0.25, -0.2) is 4.98 Å². The van der Waals surface area contributed by atoms with Crippen molar-refractivity contribution in [3.63, 3.8) is 0 Å². The minimum Gasteiger partial charge on any atom is -0.325 e. The summed E-state index contributed by atoms with van der Waals surface area (Å²) in [5, 5.41) is 0. The van der Waals surface area contributed by atoms with Gasteiger partial charge in [0.05, 0.1) is 11.4 Å². The van der Waals surface area contributed by atoms with Crippen LogP contribution in [0.3, 0.4) is 0 Å². The van der Waals surface area contributed by atoms with Gasteiger partial charge in [0.15, 0.2) is 0 Å². The molecule has 0 radical (unpaired) electrons. The van der Waals surface area contributed by atoms with Crippen LogP contribution in [0.25, 0.3) is 5.65 Å². The van der Waals surface area contributed by atoms with E-state index in [1.165, 1.54) is 30.7 Å². The van der Waals surface area contributed by atoms with E-state index in [1.54, 1.807) is 0 Å². The maximum Gasteiger partial charge on any atom is 0.137 e. The molecule has 0 spiro atoms. The van der Waals surface area contributed by atoms with E-state index in [0.717, 1.165) is 5.65 Å². The zero-order valence-corrected chi connectivity index (χ0v) is 8.69. The fourth-order valence-electron chi connectivity index (χ4n) is 2.28. The van der Waals surface area contributed by atoms with E-state index in [2.05, 4.69) is 9.38 Å². The third-order valence-corrected chi connectivity index (χ3v) is 3.35. The summed E-state index contributed by atoms with van der Waals surface area (Å²) in [6.07, 6.45) is 5.93. The van der Waals surface area contributed by atoms with Gasteiger partial charge >= 0.3 is 0 Å². The SMILES string of the molecule is NCc1c(C2CCC2)nc2ccccn12. The lowest BCUT2D eigenvalue weighted by Crippen LogP contribution is -2.13. The Morgan fingerprint density at radius 2 is 2.27 bits per heavy atom. The van der Waals surface area contributed by atoms with E-state index in [0.29, 0.717) is 12.5 Å². The first-order valence-corrected chi connectivity index (χ1v) is 5.56. The lowest BCUT2D eigenvalue weighted by Gasteiger charge is -2.24. The van der Waals surface area contributed by atoms with Gasteiger partial charge in [-0.15, -0.1) is 0 Å². The number of rotatable bonds is 2. The zero-order chi connectivity index (χ0) is 10.3. The van der Waals surface area contributed by atoms with Crippen molar-refractivity contribution in [2.24, 2.45) is 5.73 Å². The van der Waals surface area contributed by atoms with Crippen molar-refractivity contribution in [2.75, 3.05) is 0 Å². The number of nitrogens with two attached hydrogens (primary N) is 1. The lowest BCUT2D eigenvalue weighted by atomic mass is 9.82. The van der Waals surface area contributed by atoms with Crippen molar-refractivity contribution in [3.8, 4) is 0 Å². The summed E-state index contributed by atoms with van der Waals surface area (Å²) in [4.78, 5) is 4.69. The van der Waals surface area contributed by atoms with Gasteiger partial charge in [0.1, 0.15) is 5.65 Å². The summed E-state index contributed by atoms with van der Waals surface area (Å²) in [6, 6.07) is 6.09. The average molecular weight is 201 g/mol. The molecule has 0 atom stereocenters. The van der Waals surface area contributed by atoms with Gasteiger partial charge in [0.2, 0.25) is 0 Å². The Hall–Kier alpha value is -1.35. The Balaban J connectivity index is 2.19. The van der Waals surface area contributed by atoms with Crippen LogP contribution in [-0.2, 0) is 6.54 Å². The highest BCUT2D eigenvalue weighted by molar-refractivity contribution is 5.44. The topological polar surface area (TPSA) is 43.3 Å². The Bertz CT molecular complexity index is 483. The maximum absolute atomic E-state index is 5.82. The molecular formula is C12H15N3. The van der Waals surface area contributed by atoms with Gasteiger partial charge < -0.3 is 10.1 Å². The van der Waals surface area contributed by atoms with Crippen molar-refractivity contribution in [2.45, 2.75) is 31.7 Å². The molecule has 1 fully saturated rings. The predicted octanol–water partition coefficient (Wildman–Crippen LogP) is 2.06. The molecule has 2 aromatic rings. The molecule has 0 aliphatic heterocycles. The van der Waals surface area contributed by atoms with E-state index in [4.69, 9.17) is 5.73 Å². The van der Waals surface area contributed by atoms with Crippen molar-refractivity contribution in [3.05, 3.63) is 35.8 Å². The van der Waals surface area contributed by atoms with E-state index >= 15 is 0 Å². The van der Waals surface area contributed by atoms with Gasteiger partial charge in [-0.3, -0.25) is 0 Å². The van der Waals surface area contributed by atoms with Gasteiger partial charge in [-0.05, 0) is 25.0 Å². The van der Waals surface area contributed by atoms with Crippen LogP contribution in [0.5, 0.6) is 0 Å². The molecule has 0 unspecified atom stereocenters. The zero-order valence-electron chi connectivity index (χ0n) is 8.69. The molecule has 78 valence electrons. The standard InChI is InChI=1S/C12H15N3/c13-8-10-12(9-4-3-5-9)14-11-6-1-2-7-15(10)11/h1-2,6-7,9H,3-5,8,13H2. The Labute approximate surface area is 88.9 Å². The van der Waals surface area contributed by atoms with E-state index in [-0.39, 0.29) is 0 Å². The number of fused-ring (bicyclic) bond motifs is 1. The number of nitrogens with zero attached hydrogens (tertiary/aromatic N) is 2. The quantitative estimate of drug-likeness (QED) is 0.808. The van der Waals surface area contributed by atoms with E-state index in [9.17, 15) is 0 Å². The molecule has 3 rings (SSSR count). The van der Waals surface area contributed by atoms with Crippen LogP contribution < -0.4 is 5.73 Å². The Morgan fingerprint density at radius 3 is 2.93 bits per heavy atom. The second kappa shape index (κ2) is 3.35. The molecule has 0 amide bonds. The minimum atomic E-state index is 0.580. The summed E-state index contributed by atoms with van der Waals surface area (Å²) < 4.78 is 2.12. The fourth-order valence-corrected chi connectivity index (χ4v) is 2.28. The fraction of sp³-hybridized carbons (Fsp3) is 0.417. The summed E-state index contributed by atoms with van der Waals surface area (Å²) in [5.74, 6) is 0.656. The van der Waals surface area contributed by atoms with Crippen molar-refractivity contribution < 1.29 is 0 Å². The number of aromatic nitrogens is 2. The third-order valence-electron chi connectivity index (χ3n) is 3.35. The van der Waals surface area contributed by atoms with Crippen molar-refractivity contribution >= 4 is 5.65 Å². The van der Waals surface area contributed by atoms with Gasteiger partial charge in [0, 0.05) is 18.7 Å². The minimum absolute atomic E-state index is 0.580. The number of pyridine rings is 1. The first-order chi connectivity index (χ1) is 7.40. The molecule has 3 heteroatoms. The van der Waals surface area contributed by atoms with Crippen molar-refractivity contribution in [1.29, 1.82) is 0 Å². The molecule has 1 saturated carbocycles. The molecule has 2 N–H and O–H groups in total. The molecule has 2 heterocycles. The van der Waals surface area contributed by atoms with Crippen molar-refractivity contribution in [1.82, 2.24) is 9.38 Å². The van der Waals surface area contributed by atoms with Gasteiger partial charge in [0.25, 0.3) is 0 Å². The van der Waals surface area contributed by atoms with Crippen LogP contribution in [0.1, 0.15) is 36.6 Å². The first-order valence-electron chi connectivity index (χ1n) is 5.56. The van der Waals surface area contributed by atoms with Crippen LogP contribution >= 0.6 is 0 Å². The number of imidazole rings is 1. The molecule has 1 aliphatic carbocycles. The summed E-state index contributed by atoms with van der Waals surface area (Å²) in [6.45, 7) is 0.580. The van der Waals surface area contributed by atoms with E-state index < -0.39 is 0 Å². The highest BCUT2D eigenvalue weighted by Gasteiger charge is 2.25. The summed E-state index contributed by atoms with van der Waals surface area (Å²) >= 11 is 0. The molecule has 0 bridgehead atoms. The molecular weight excluding hydrogens is 186 g/mol. The molecule has 15 heavy (non-hydrogen) atoms. The monoisotopic (exact) mass is 201 g/mol. The van der Waals surface area contributed by atoms with E-state index in [1.807, 2.05) is 24.4 Å². The highest BCUT2D eigenvalue weighted by atomic mass is 15.0. The molecule has 2 aromatic heterocycles. The molecule has 3 nitrogen and oxygen atoms in total. The highest BCUT2D eigenvalue weighted by Crippen LogP contribution is 2.37. The van der Waals surface area contributed by atoms with Crippen LogP contribution in [0, 0.1) is 0 Å². The van der Waals surface area contributed by atoms with Crippen LogP contribution in [0.2, 0.25) is 0 Å². The lowest BCUT2D eigenvalue weighted by molar-refractivity contribution is 0.409. The smallest absolute Gasteiger partial charge is 0.137 e. The van der Waals surface area contributed by atoms with Crippen LogP contribution in [0.15, 0.2) is 24.4 Å². The van der Waals surface area contributed by atoms with Crippen LogP contribution in [-0.4, -0.2) is 9.38 Å². The normalized spacial score (nSPS) is 16.9. The average Bonchev–Trinajstić information content (AvgIpc) is 2.53. The largest absolute Gasteiger partial charge is 0.325 e. The second-order valence-electron chi connectivity index (χ2n) is 4.20.